The van der Waals surface area contributed by atoms with Crippen molar-refractivity contribution in [2.45, 2.75) is 12.8 Å². The van der Waals surface area contributed by atoms with Crippen LogP contribution in [0.15, 0.2) is 18.2 Å². The van der Waals surface area contributed by atoms with Gasteiger partial charge in [-0.2, -0.15) is 0 Å². The van der Waals surface area contributed by atoms with Crippen molar-refractivity contribution in [2.24, 2.45) is 5.92 Å². The summed E-state index contributed by atoms with van der Waals surface area (Å²) in [5, 5.41) is 3.30. The van der Waals surface area contributed by atoms with Gasteiger partial charge in [-0.05, 0) is 31.5 Å². The fourth-order valence-electron chi connectivity index (χ4n) is 1.91. The van der Waals surface area contributed by atoms with Gasteiger partial charge < -0.3 is 15.8 Å². The number of anilines is 1. The molecular weight excluding hydrogens is 207 g/mol. The molecule has 0 radical (unpaired) electrons. The topological polar surface area (TPSA) is 47.3 Å². The second kappa shape index (κ2) is 5.16. The fraction of sp³-hybridized carbons (Fsp3) is 0.500. The van der Waals surface area contributed by atoms with Crippen molar-refractivity contribution in [3.8, 4) is 5.75 Å². The van der Waals surface area contributed by atoms with Gasteiger partial charge in [0.1, 0.15) is 0 Å². The number of nitrogens with one attached hydrogen (secondary N) is 1. The highest BCUT2D eigenvalue weighted by molar-refractivity contribution is 5.42. The predicted molar refractivity (Wildman–Crippen MR) is 61.9 cm³/mol. The number of nitrogen functional groups attached to an aromatic ring is 1. The number of nitrogens with two attached hydrogens (primary N) is 1. The summed E-state index contributed by atoms with van der Waals surface area (Å²) in [5.74, 6) is 0.384. The van der Waals surface area contributed by atoms with Crippen LogP contribution in [0.3, 0.4) is 0 Å². The van der Waals surface area contributed by atoms with Crippen molar-refractivity contribution in [1.29, 1.82) is 0 Å². The molecule has 0 aromatic heterocycles. The molecule has 1 atom stereocenters. The molecular formula is C12H17FN2O. The van der Waals surface area contributed by atoms with E-state index in [2.05, 4.69) is 5.32 Å². The maximum Gasteiger partial charge on any atom is 0.167 e. The molecule has 0 amide bonds. The molecule has 3 nitrogen and oxygen atoms in total. The zero-order chi connectivity index (χ0) is 11.4. The van der Waals surface area contributed by atoms with Crippen molar-refractivity contribution >= 4 is 5.69 Å². The van der Waals surface area contributed by atoms with Crippen LogP contribution >= 0.6 is 0 Å². The number of piperidine rings is 1. The van der Waals surface area contributed by atoms with Crippen LogP contribution < -0.4 is 15.8 Å². The Kier molecular flexibility index (Phi) is 3.62. The van der Waals surface area contributed by atoms with Gasteiger partial charge in [0.05, 0.1) is 6.61 Å². The first kappa shape index (κ1) is 11.2. The summed E-state index contributed by atoms with van der Waals surface area (Å²) in [5.41, 5.74) is 5.88. The quantitative estimate of drug-likeness (QED) is 0.769. The minimum Gasteiger partial charge on any atom is -0.490 e. The van der Waals surface area contributed by atoms with Crippen LogP contribution in [0.25, 0.3) is 0 Å². The van der Waals surface area contributed by atoms with Gasteiger partial charge in [-0.1, -0.05) is 0 Å². The highest BCUT2D eigenvalue weighted by atomic mass is 19.1. The summed E-state index contributed by atoms with van der Waals surface area (Å²) >= 11 is 0. The van der Waals surface area contributed by atoms with E-state index in [9.17, 15) is 4.39 Å². The van der Waals surface area contributed by atoms with Crippen molar-refractivity contribution < 1.29 is 9.13 Å². The van der Waals surface area contributed by atoms with Crippen LogP contribution in [0, 0.1) is 11.7 Å². The van der Waals surface area contributed by atoms with E-state index in [4.69, 9.17) is 10.5 Å². The SMILES string of the molecule is Nc1ccc(OCC2CCCNC2)c(F)c1. The number of rotatable bonds is 3. The first-order valence-electron chi connectivity index (χ1n) is 5.64. The second-order valence-electron chi connectivity index (χ2n) is 4.21. The first-order chi connectivity index (χ1) is 7.75. The number of benzene rings is 1. The third kappa shape index (κ3) is 2.85. The number of hydrogen-bond donors (Lipinski definition) is 2. The van der Waals surface area contributed by atoms with Gasteiger partial charge >= 0.3 is 0 Å². The monoisotopic (exact) mass is 224 g/mol. The molecule has 0 bridgehead atoms. The molecule has 1 heterocycles. The number of hydrogen-bond acceptors (Lipinski definition) is 3. The lowest BCUT2D eigenvalue weighted by Gasteiger charge is -2.22. The van der Waals surface area contributed by atoms with Gasteiger partial charge in [0.25, 0.3) is 0 Å². The molecule has 0 aliphatic carbocycles. The normalized spacial score (nSPS) is 20.7. The molecule has 1 aliphatic heterocycles. The third-order valence-corrected chi connectivity index (χ3v) is 2.83. The van der Waals surface area contributed by atoms with Crippen LogP contribution in [0.1, 0.15) is 12.8 Å². The molecule has 16 heavy (non-hydrogen) atoms. The van der Waals surface area contributed by atoms with Gasteiger partial charge in [0, 0.05) is 24.2 Å². The smallest absolute Gasteiger partial charge is 0.167 e. The van der Waals surface area contributed by atoms with Crippen LogP contribution in [0.4, 0.5) is 10.1 Å². The lowest BCUT2D eigenvalue weighted by molar-refractivity contribution is 0.211. The Labute approximate surface area is 94.8 Å². The molecule has 2 rings (SSSR count). The highest BCUT2D eigenvalue weighted by Crippen LogP contribution is 2.21. The van der Waals surface area contributed by atoms with Gasteiger partial charge in [-0.3, -0.25) is 0 Å². The summed E-state index contributed by atoms with van der Waals surface area (Å²) in [6, 6.07) is 4.52. The van der Waals surface area contributed by atoms with Crippen molar-refractivity contribution in [3.63, 3.8) is 0 Å². The Morgan fingerprint density at radius 3 is 3.06 bits per heavy atom. The predicted octanol–water partition coefficient (Wildman–Crippen LogP) is 1.79. The summed E-state index contributed by atoms with van der Waals surface area (Å²) in [4.78, 5) is 0. The number of ether oxygens (including phenoxy) is 1. The summed E-state index contributed by atoms with van der Waals surface area (Å²) < 4.78 is 18.8. The van der Waals surface area contributed by atoms with E-state index in [0.29, 0.717) is 24.0 Å². The number of halogens is 1. The minimum atomic E-state index is -0.385. The minimum absolute atomic E-state index is 0.291. The zero-order valence-corrected chi connectivity index (χ0v) is 9.21. The molecule has 88 valence electrons. The van der Waals surface area contributed by atoms with Crippen molar-refractivity contribution in [3.05, 3.63) is 24.0 Å². The largest absolute Gasteiger partial charge is 0.490 e. The molecule has 3 N–H and O–H groups in total. The van der Waals surface area contributed by atoms with E-state index in [1.54, 1.807) is 12.1 Å². The summed E-state index contributed by atoms with van der Waals surface area (Å²) in [6.07, 6.45) is 2.31. The van der Waals surface area contributed by atoms with Gasteiger partial charge in [-0.25, -0.2) is 4.39 Å². The zero-order valence-electron chi connectivity index (χ0n) is 9.21. The molecule has 4 heteroatoms. The lowest BCUT2D eigenvalue weighted by atomic mass is 10.0. The lowest BCUT2D eigenvalue weighted by Crippen LogP contribution is -2.33. The summed E-state index contributed by atoms with van der Waals surface area (Å²) in [7, 11) is 0. The van der Waals surface area contributed by atoms with E-state index < -0.39 is 0 Å². The Bertz CT molecular complexity index is 351. The molecule has 1 saturated heterocycles. The van der Waals surface area contributed by atoms with Gasteiger partial charge in [0.15, 0.2) is 11.6 Å². The average Bonchev–Trinajstić information content (AvgIpc) is 2.29. The van der Waals surface area contributed by atoms with E-state index in [0.717, 1.165) is 25.9 Å². The molecule has 1 aliphatic rings. The highest BCUT2D eigenvalue weighted by Gasteiger charge is 2.14. The molecule has 0 spiro atoms. The van der Waals surface area contributed by atoms with E-state index in [-0.39, 0.29) is 5.82 Å². The Balaban J connectivity index is 1.88. The molecule has 1 unspecified atom stereocenters. The third-order valence-electron chi connectivity index (χ3n) is 2.83. The Hall–Kier alpha value is -1.29. The summed E-state index contributed by atoms with van der Waals surface area (Å²) in [6.45, 7) is 2.59. The van der Waals surface area contributed by atoms with E-state index in [1.807, 2.05) is 0 Å². The fourth-order valence-corrected chi connectivity index (χ4v) is 1.91. The van der Waals surface area contributed by atoms with E-state index >= 15 is 0 Å². The maximum atomic E-state index is 13.4. The van der Waals surface area contributed by atoms with Gasteiger partial charge in [0.2, 0.25) is 0 Å². The van der Waals surface area contributed by atoms with Crippen LogP contribution in [-0.2, 0) is 0 Å². The average molecular weight is 224 g/mol. The molecule has 1 fully saturated rings. The van der Waals surface area contributed by atoms with Crippen LogP contribution in [0.5, 0.6) is 5.75 Å². The van der Waals surface area contributed by atoms with E-state index in [1.165, 1.54) is 6.07 Å². The van der Waals surface area contributed by atoms with Crippen LogP contribution in [0.2, 0.25) is 0 Å². The Morgan fingerprint density at radius 1 is 1.50 bits per heavy atom. The van der Waals surface area contributed by atoms with Gasteiger partial charge in [-0.15, -0.1) is 0 Å². The molecule has 1 aromatic carbocycles. The Morgan fingerprint density at radius 2 is 2.38 bits per heavy atom. The van der Waals surface area contributed by atoms with Crippen molar-refractivity contribution in [2.75, 3.05) is 25.4 Å². The maximum absolute atomic E-state index is 13.4. The molecule has 0 saturated carbocycles. The first-order valence-corrected chi connectivity index (χ1v) is 5.64. The molecule has 1 aromatic rings. The second-order valence-corrected chi connectivity index (χ2v) is 4.21. The van der Waals surface area contributed by atoms with Crippen LogP contribution in [-0.4, -0.2) is 19.7 Å². The van der Waals surface area contributed by atoms with Crippen molar-refractivity contribution in [1.82, 2.24) is 5.32 Å². The standard InChI is InChI=1S/C12H17FN2O/c13-11-6-10(14)3-4-12(11)16-8-9-2-1-5-15-7-9/h3-4,6,9,15H,1-2,5,7-8,14H2.